The van der Waals surface area contributed by atoms with Crippen molar-refractivity contribution in [1.29, 1.82) is 0 Å². The van der Waals surface area contributed by atoms with Crippen LogP contribution in [0.25, 0.3) is 5.57 Å². The number of ether oxygens (including phenoxy) is 1. The molecule has 0 aromatic heterocycles. The molecular weight excluding hydrogens is 687 g/mol. The van der Waals surface area contributed by atoms with Crippen LogP contribution in [-0.4, -0.2) is 81.7 Å². The summed E-state index contributed by atoms with van der Waals surface area (Å²) >= 11 is 6.51. The lowest BCUT2D eigenvalue weighted by Crippen LogP contribution is -2.62. The van der Waals surface area contributed by atoms with Crippen molar-refractivity contribution in [1.82, 2.24) is 15.1 Å². The van der Waals surface area contributed by atoms with Gasteiger partial charge < -0.3 is 30.1 Å². The summed E-state index contributed by atoms with van der Waals surface area (Å²) in [6, 6.07) is 16.0. The van der Waals surface area contributed by atoms with Crippen molar-refractivity contribution in [2.75, 3.05) is 19.7 Å². The van der Waals surface area contributed by atoms with E-state index in [1.807, 2.05) is 47.4 Å². The van der Waals surface area contributed by atoms with E-state index in [0.29, 0.717) is 49.0 Å². The molecule has 270 valence electrons. The van der Waals surface area contributed by atoms with Gasteiger partial charge in [-0.2, -0.15) is 4.39 Å². The lowest BCUT2D eigenvalue weighted by Gasteiger charge is -2.45. The highest BCUT2D eigenvalue weighted by molar-refractivity contribution is 6.31. The number of aliphatic hydroxyl groups excluding tert-OH is 1. The molecule has 9 nitrogen and oxygen atoms in total. The number of aliphatic carboxylic acids is 1. The zero-order valence-corrected chi connectivity index (χ0v) is 28.6. The van der Waals surface area contributed by atoms with E-state index >= 15 is 0 Å². The van der Waals surface area contributed by atoms with Gasteiger partial charge in [0.1, 0.15) is 0 Å². The summed E-state index contributed by atoms with van der Waals surface area (Å²) in [6.07, 6.45) is 0.932. The molecule has 0 radical (unpaired) electrons. The van der Waals surface area contributed by atoms with Gasteiger partial charge >= 0.3 is 5.97 Å². The Hall–Kier alpha value is -4.39. The van der Waals surface area contributed by atoms with Crippen molar-refractivity contribution in [3.8, 4) is 5.75 Å². The van der Waals surface area contributed by atoms with Crippen LogP contribution in [0.15, 0.2) is 66.2 Å². The Balaban J connectivity index is 1.23. The third-order valence-corrected chi connectivity index (χ3v) is 9.88. The largest absolute Gasteiger partial charge is 0.488 e. The molecule has 0 spiro atoms. The van der Waals surface area contributed by atoms with E-state index in [9.17, 15) is 32.7 Å². The van der Waals surface area contributed by atoms with Crippen molar-refractivity contribution in [2.45, 2.75) is 75.7 Å². The average Bonchev–Trinajstić information content (AvgIpc) is 3.94. The summed E-state index contributed by atoms with van der Waals surface area (Å²) in [5.41, 5.74) is 4.02. The summed E-state index contributed by atoms with van der Waals surface area (Å²) in [4.78, 5) is 42.4. The van der Waals surface area contributed by atoms with Crippen LogP contribution in [0.3, 0.4) is 0 Å². The molecule has 1 aliphatic carbocycles. The molecule has 2 amide bonds. The Kier molecular flexibility index (Phi) is 11.3. The molecule has 2 bridgehead atoms. The third-order valence-electron chi connectivity index (χ3n) is 9.52. The molecule has 13 heteroatoms. The van der Waals surface area contributed by atoms with Gasteiger partial charge in [0.25, 0.3) is 5.91 Å². The summed E-state index contributed by atoms with van der Waals surface area (Å²) in [5.74, 6) is -5.98. The number of benzene rings is 3. The molecule has 1 saturated carbocycles. The van der Waals surface area contributed by atoms with Crippen molar-refractivity contribution >= 4 is 35.0 Å². The van der Waals surface area contributed by atoms with Crippen LogP contribution in [0.4, 0.5) is 13.2 Å². The third kappa shape index (κ3) is 8.74. The van der Waals surface area contributed by atoms with Gasteiger partial charge in [-0.1, -0.05) is 54.1 Å². The maximum absolute atomic E-state index is 14.7. The number of carbonyl (C=O) groups excluding carboxylic acids is 2. The highest BCUT2D eigenvalue weighted by atomic mass is 35.5. The molecule has 6 rings (SSSR count). The number of fused-ring (bicyclic) bond motifs is 2. The smallest absolute Gasteiger partial charge is 0.305 e. The quantitative estimate of drug-likeness (QED) is 0.148. The summed E-state index contributed by atoms with van der Waals surface area (Å²) in [5, 5.41) is 23.3. The number of aliphatic hydroxyl groups is 1. The topological polar surface area (TPSA) is 119 Å². The van der Waals surface area contributed by atoms with Crippen LogP contribution in [0.5, 0.6) is 5.75 Å². The zero-order valence-electron chi connectivity index (χ0n) is 27.8. The number of piperazine rings is 1. The van der Waals surface area contributed by atoms with Crippen LogP contribution in [0, 0.1) is 17.5 Å². The average molecular weight is 726 g/mol. The lowest BCUT2D eigenvalue weighted by atomic mass is 9.82. The van der Waals surface area contributed by atoms with Crippen LogP contribution in [-0.2, 0) is 27.3 Å². The molecule has 3 atom stereocenters. The molecule has 2 fully saturated rings. The molecule has 3 N–H and O–H groups in total. The minimum atomic E-state index is -1.36. The highest BCUT2D eigenvalue weighted by Gasteiger charge is 2.43. The van der Waals surface area contributed by atoms with Crippen molar-refractivity contribution in [2.24, 2.45) is 0 Å². The summed E-state index contributed by atoms with van der Waals surface area (Å²) in [6.45, 7) is 0.805. The zero-order chi connectivity index (χ0) is 36.2. The summed E-state index contributed by atoms with van der Waals surface area (Å²) in [7, 11) is 0. The number of amides is 2. The fourth-order valence-electron chi connectivity index (χ4n) is 6.86. The number of nitrogens with one attached hydrogen (secondary N) is 1. The Morgan fingerprint density at radius 2 is 1.71 bits per heavy atom. The number of nitrogens with zero attached hydrogens (tertiary/aromatic N) is 2. The first kappa shape index (κ1) is 36.4. The Labute approximate surface area is 298 Å². The van der Waals surface area contributed by atoms with Crippen molar-refractivity contribution in [3.05, 3.63) is 105 Å². The number of carboxylic acids is 1. The molecule has 2 heterocycles. The monoisotopic (exact) mass is 725 g/mol. The standard InChI is InChI=1S/C38H39ClF3N3O6/c39-29-6-2-1-5-24(29)19-45(26-11-12-26)38(50)35-28(16-25-20-44(21-32(35)43-25)33(47)17-27(46)18-34(48)49)23-9-7-22(8-10-23)4-3-15-51-37-31(41)14-13-30(40)36(37)42/h1-2,5-10,13-14,25-27,32,43,46H,3-4,11-12,15-21H2,(H,48,49)/t25-,27-,32-/m1/s1. The maximum atomic E-state index is 14.7. The van der Waals surface area contributed by atoms with Gasteiger partial charge in [-0.05, 0) is 72.6 Å². The fraction of sp³-hybridized carbons (Fsp3) is 0.395. The molecule has 3 aromatic rings. The number of halogens is 4. The van der Waals surface area contributed by atoms with E-state index in [2.05, 4.69) is 5.32 Å². The Bertz CT molecular complexity index is 1820. The van der Waals surface area contributed by atoms with Crippen molar-refractivity contribution < 1.29 is 42.5 Å². The van der Waals surface area contributed by atoms with Gasteiger partial charge in [-0.3, -0.25) is 14.4 Å². The molecule has 1 saturated heterocycles. The minimum absolute atomic E-state index is 0.0249. The number of aryl methyl sites for hydroxylation is 1. The molecule has 0 unspecified atom stereocenters. The number of rotatable bonds is 14. The van der Waals surface area contributed by atoms with Crippen LogP contribution >= 0.6 is 11.6 Å². The van der Waals surface area contributed by atoms with E-state index in [-0.39, 0.29) is 43.5 Å². The molecular formula is C38H39ClF3N3O6. The van der Waals surface area contributed by atoms with Gasteiger partial charge in [0.05, 0.1) is 31.6 Å². The van der Waals surface area contributed by atoms with Gasteiger partial charge in [0.15, 0.2) is 17.4 Å². The van der Waals surface area contributed by atoms with Crippen LogP contribution in [0.2, 0.25) is 5.02 Å². The molecule has 3 aromatic carbocycles. The van der Waals surface area contributed by atoms with Gasteiger partial charge in [0.2, 0.25) is 11.7 Å². The SMILES string of the molecule is O=C(O)C[C@H](O)CC(=O)N1C[C@H]2CC(c3ccc(CCCOc4c(F)ccc(F)c4F)cc3)=C(C(=O)N(Cc3ccccc3Cl)C3CC3)[C@@H](C1)N2. The Morgan fingerprint density at radius 3 is 2.41 bits per heavy atom. The van der Waals surface area contributed by atoms with Crippen LogP contribution < -0.4 is 10.1 Å². The second-order valence-electron chi connectivity index (χ2n) is 13.3. The second kappa shape index (κ2) is 15.9. The first-order valence-corrected chi connectivity index (χ1v) is 17.4. The van der Waals surface area contributed by atoms with E-state index in [4.69, 9.17) is 21.4 Å². The second-order valence-corrected chi connectivity index (χ2v) is 13.8. The molecule has 3 aliphatic rings. The van der Waals surface area contributed by atoms with E-state index < -0.39 is 47.7 Å². The van der Waals surface area contributed by atoms with Gasteiger partial charge in [-0.15, -0.1) is 0 Å². The number of carboxylic acid groups (broad SMARTS) is 1. The van der Waals surface area contributed by atoms with E-state index in [0.717, 1.165) is 41.2 Å². The predicted molar refractivity (Wildman–Crippen MR) is 183 cm³/mol. The minimum Gasteiger partial charge on any atom is -0.488 e. The highest BCUT2D eigenvalue weighted by Crippen LogP contribution is 2.38. The molecule has 51 heavy (non-hydrogen) atoms. The lowest BCUT2D eigenvalue weighted by molar-refractivity contribution is -0.141. The maximum Gasteiger partial charge on any atom is 0.305 e. The number of hydrogen-bond acceptors (Lipinski definition) is 6. The van der Waals surface area contributed by atoms with Crippen LogP contribution in [0.1, 0.15) is 55.2 Å². The summed E-state index contributed by atoms with van der Waals surface area (Å²) < 4.78 is 46.6. The number of carbonyl (C=O) groups is 3. The molecule has 2 aliphatic heterocycles. The van der Waals surface area contributed by atoms with E-state index in [1.54, 1.807) is 11.0 Å². The first-order valence-electron chi connectivity index (χ1n) is 17.0. The first-order chi connectivity index (χ1) is 24.5. The van der Waals surface area contributed by atoms with Gasteiger partial charge in [0, 0.05) is 42.3 Å². The fourth-order valence-corrected chi connectivity index (χ4v) is 7.05. The van der Waals surface area contributed by atoms with E-state index in [1.165, 1.54) is 0 Å². The Morgan fingerprint density at radius 1 is 0.980 bits per heavy atom. The number of hydrogen-bond donors (Lipinski definition) is 3. The normalized spacial score (nSPS) is 19.1. The predicted octanol–water partition coefficient (Wildman–Crippen LogP) is 5.51. The van der Waals surface area contributed by atoms with Gasteiger partial charge in [-0.25, -0.2) is 8.78 Å². The van der Waals surface area contributed by atoms with Crippen molar-refractivity contribution in [3.63, 3.8) is 0 Å².